The van der Waals surface area contributed by atoms with Gasteiger partial charge in [-0.15, -0.1) is 22.7 Å². The summed E-state index contributed by atoms with van der Waals surface area (Å²) in [5.41, 5.74) is 0.893. The van der Waals surface area contributed by atoms with Crippen LogP contribution in [0.15, 0.2) is 17.5 Å². The average molecular weight is 353 g/mol. The molecule has 3 heterocycles. The first-order valence-corrected chi connectivity index (χ1v) is 9.54. The van der Waals surface area contributed by atoms with E-state index in [9.17, 15) is 9.59 Å². The van der Waals surface area contributed by atoms with E-state index in [2.05, 4.69) is 23.3 Å². The third-order valence-corrected chi connectivity index (χ3v) is 5.87. The van der Waals surface area contributed by atoms with Crippen molar-refractivity contribution in [1.82, 2.24) is 9.88 Å². The number of thiophene rings is 1. The van der Waals surface area contributed by atoms with Gasteiger partial charge in [-0.25, -0.2) is 4.98 Å². The van der Waals surface area contributed by atoms with Crippen molar-refractivity contribution < 1.29 is 9.59 Å². The van der Waals surface area contributed by atoms with Crippen molar-refractivity contribution in [3.8, 4) is 10.6 Å². The van der Waals surface area contributed by atoms with E-state index in [0.717, 1.165) is 22.9 Å². The monoisotopic (exact) mass is 353 g/mol. The van der Waals surface area contributed by atoms with Crippen LogP contribution in [0.5, 0.6) is 0 Å². The number of nitrogens with one attached hydrogen (secondary N) is 1. The molecule has 1 saturated heterocycles. The van der Waals surface area contributed by atoms with Gasteiger partial charge in [0.05, 0.1) is 10.6 Å². The van der Waals surface area contributed by atoms with Gasteiger partial charge in [0.25, 0.3) is 5.24 Å². The maximum Gasteiger partial charge on any atom is 0.281 e. The van der Waals surface area contributed by atoms with Gasteiger partial charge in [-0.2, -0.15) is 0 Å². The summed E-state index contributed by atoms with van der Waals surface area (Å²) in [6, 6.07) is 4.10. The van der Waals surface area contributed by atoms with Crippen molar-refractivity contribution in [1.29, 1.82) is 0 Å². The van der Waals surface area contributed by atoms with Gasteiger partial charge in [-0.1, -0.05) is 11.8 Å². The highest BCUT2D eigenvalue weighted by Crippen LogP contribution is 2.30. The van der Waals surface area contributed by atoms with E-state index in [1.807, 2.05) is 11.4 Å². The second kappa shape index (κ2) is 6.80. The van der Waals surface area contributed by atoms with Gasteiger partial charge in [0, 0.05) is 35.5 Å². The number of nitrogens with zero attached hydrogens (tertiary/aromatic N) is 2. The van der Waals surface area contributed by atoms with Crippen molar-refractivity contribution >= 4 is 50.7 Å². The molecule has 1 aliphatic heterocycles. The van der Waals surface area contributed by atoms with Crippen LogP contribution in [0.1, 0.15) is 11.3 Å². The fourth-order valence-electron chi connectivity index (χ4n) is 2.06. The lowest BCUT2D eigenvalue weighted by Crippen LogP contribution is -2.27. The molecule has 0 unspecified atom stereocenters. The fraction of sp³-hybridized carbons (Fsp3) is 0.357. The largest absolute Gasteiger partial charge is 0.332 e. The molecule has 0 aliphatic carbocycles. The number of aromatic nitrogens is 1. The number of thiazole rings is 1. The van der Waals surface area contributed by atoms with Crippen LogP contribution in [-0.4, -0.2) is 39.9 Å². The summed E-state index contributed by atoms with van der Waals surface area (Å²) in [5.74, 6) is 0.712. The minimum Gasteiger partial charge on any atom is -0.332 e. The molecule has 2 aromatic heterocycles. The Hall–Kier alpha value is -1.38. The highest BCUT2D eigenvalue weighted by Gasteiger charge is 2.21. The zero-order valence-corrected chi connectivity index (χ0v) is 14.4. The van der Waals surface area contributed by atoms with E-state index < -0.39 is 0 Å². The molecule has 3 rings (SSSR count). The lowest BCUT2D eigenvalue weighted by Gasteiger charge is -2.13. The molecule has 8 heteroatoms. The van der Waals surface area contributed by atoms with Crippen molar-refractivity contribution in [2.24, 2.45) is 0 Å². The summed E-state index contributed by atoms with van der Waals surface area (Å²) in [6.45, 7) is 3.26. The van der Waals surface area contributed by atoms with Crippen LogP contribution in [0.2, 0.25) is 0 Å². The van der Waals surface area contributed by atoms with Gasteiger partial charge >= 0.3 is 0 Å². The Labute approximate surface area is 140 Å². The third kappa shape index (κ3) is 3.68. The maximum atomic E-state index is 11.9. The minimum absolute atomic E-state index is 0.0670. The highest BCUT2D eigenvalue weighted by atomic mass is 32.2. The molecule has 0 atom stereocenters. The summed E-state index contributed by atoms with van der Waals surface area (Å²) in [6.07, 6.45) is 0.305. The second-order valence-electron chi connectivity index (χ2n) is 4.85. The number of hydrogen-bond donors (Lipinski definition) is 1. The fourth-order valence-corrected chi connectivity index (χ4v) is 4.54. The van der Waals surface area contributed by atoms with Crippen LogP contribution in [0.25, 0.3) is 10.6 Å². The molecule has 5 nitrogen and oxygen atoms in total. The first-order valence-electron chi connectivity index (χ1n) is 6.86. The van der Waals surface area contributed by atoms with Crippen LogP contribution in [0.3, 0.4) is 0 Å². The first kappa shape index (κ1) is 15.5. The average Bonchev–Trinajstić information content (AvgIpc) is 3.18. The number of rotatable bonds is 5. The molecule has 0 spiro atoms. The Bertz CT molecular complexity index is 695. The van der Waals surface area contributed by atoms with Gasteiger partial charge in [-0.05, 0) is 19.1 Å². The molecule has 116 valence electrons. The zero-order chi connectivity index (χ0) is 15.5. The molecule has 0 aromatic carbocycles. The number of anilines is 1. The van der Waals surface area contributed by atoms with Crippen LogP contribution >= 0.6 is 34.4 Å². The topological polar surface area (TPSA) is 62.3 Å². The number of thioether (sulfide) groups is 1. The number of carbonyl (C=O) groups excluding carboxylic acids is 2. The van der Waals surface area contributed by atoms with E-state index in [4.69, 9.17) is 0 Å². The summed E-state index contributed by atoms with van der Waals surface area (Å²) in [5, 5.41) is 5.42. The number of carbonyl (C=O) groups is 2. The molecular weight excluding hydrogens is 338 g/mol. The van der Waals surface area contributed by atoms with Crippen LogP contribution in [0, 0.1) is 6.92 Å². The van der Waals surface area contributed by atoms with Crippen molar-refractivity contribution in [3.05, 3.63) is 22.4 Å². The maximum absolute atomic E-state index is 11.9. The Balaban J connectivity index is 1.53. The van der Waals surface area contributed by atoms with E-state index in [1.54, 1.807) is 16.2 Å². The standard InChI is InChI=1S/C14H15N3O2S3/c1-9-2-3-11(22-9)10-8-21-13(15-10)16-12(18)4-5-17-6-7-20-14(17)19/h2-3,8H,4-7H2,1H3,(H,15,16,18). The zero-order valence-electron chi connectivity index (χ0n) is 12.0. The molecule has 2 aromatic rings. The quantitative estimate of drug-likeness (QED) is 0.891. The lowest BCUT2D eigenvalue weighted by atomic mass is 10.3. The Morgan fingerprint density at radius 1 is 1.45 bits per heavy atom. The van der Waals surface area contributed by atoms with E-state index in [-0.39, 0.29) is 11.1 Å². The minimum atomic E-state index is -0.104. The Morgan fingerprint density at radius 3 is 3.00 bits per heavy atom. The number of hydrogen-bond acceptors (Lipinski definition) is 6. The van der Waals surface area contributed by atoms with Gasteiger partial charge in [0.2, 0.25) is 5.91 Å². The molecule has 2 amide bonds. The second-order valence-corrected chi connectivity index (χ2v) is 8.04. The van der Waals surface area contributed by atoms with Gasteiger partial charge in [-0.3, -0.25) is 9.59 Å². The summed E-state index contributed by atoms with van der Waals surface area (Å²) in [7, 11) is 0. The van der Waals surface area contributed by atoms with Crippen molar-refractivity contribution in [2.45, 2.75) is 13.3 Å². The van der Waals surface area contributed by atoms with Crippen molar-refractivity contribution in [3.63, 3.8) is 0 Å². The van der Waals surface area contributed by atoms with Gasteiger partial charge < -0.3 is 10.2 Å². The number of aryl methyl sites for hydroxylation is 1. The van der Waals surface area contributed by atoms with Gasteiger partial charge in [0.15, 0.2) is 5.13 Å². The number of amides is 2. The Morgan fingerprint density at radius 2 is 2.32 bits per heavy atom. The van der Waals surface area contributed by atoms with Gasteiger partial charge in [0.1, 0.15) is 0 Å². The molecule has 0 radical (unpaired) electrons. The van der Waals surface area contributed by atoms with Crippen LogP contribution in [0.4, 0.5) is 9.93 Å². The third-order valence-electron chi connectivity index (χ3n) is 3.20. The van der Waals surface area contributed by atoms with E-state index >= 15 is 0 Å². The smallest absolute Gasteiger partial charge is 0.281 e. The Kier molecular flexibility index (Phi) is 4.80. The molecule has 0 saturated carbocycles. The predicted octanol–water partition coefficient (Wildman–Crippen LogP) is 3.68. The molecular formula is C14H15N3O2S3. The molecule has 1 aliphatic rings. The van der Waals surface area contributed by atoms with Crippen LogP contribution < -0.4 is 5.32 Å². The summed E-state index contributed by atoms with van der Waals surface area (Å²) < 4.78 is 0. The molecule has 22 heavy (non-hydrogen) atoms. The first-order chi connectivity index (χ1) is 10.6. The summed E-state index contributed by atoms with van der Waals surface area (Å²) >= 11 is 4.42. The van der Waals surface area contributed by atoms with Crippen molar-refractivity contribution in [2.75, 3.05) is 24.2 Å². The molecule has 1 fully saturated rings. The van der Waals surface area contributed by atoms with E-state index in [1.165, 1.54) is 28.0 Å². The van der Waals surface area contributed by atoms with Crippen LogP contribution in [-0.2, 0) is 4.79 Å². The van der Waals surface area contributed by atoms with E-state index in [0.29, 0.717) is 18.1 Å². The lowest BCUT2D eigenvalue weighted by molar-refractivity contribution is -0.116. The summed E-state index contributed by atoms with van der Waals surface area (Å²) in [4.78, 5) is 31.9. The highest BCUT2D eigenvalue weighted by molar-refractivity contribution is 8.13. The SMILES string of the molecule is Cc1ccc(-c2csc(NC(=O)CCN3CCSC3=O)n2)s1. The molecule has 1 N–H and O–H groups in total. The molecule has 0 bridgehead atoms. The predicted molar refractivity (Wildman–Crippen MR) is 92.8 cm³/mol. The normalized spacial score (nSPS) is 14.6.